The summed E-state index contributed by atoms with van der Waals surface area (Å²) >= 11 is 0. The van der Waals surface area contributed by atoms with Crippen molar-refractivity contribution in [1.82, 2.24) is 4.90 Å². The number of amides is 1. The molecule has 0 spiro atoms. The fourth-order valence-electron chi connectivity index (χ4n) is 3.50. The van der Waals surface area contributed by atoms with Gasteiger partial charge >= 0.3 is 0 Å². The summed E-state index contributed by atoms with van der Waals surface area (Å²) in [7, 11) is 0. The first-order valence-corrected chi connectivity index (χ1v) is 9.08. The lowest BCUT2D eigenvalue weighted by molar-refractivity contribution is -0.116. The molecule has 0 aliphatic carbocycles. The Labute approximate surface area is 139 Å². The molecule has 0 bridgehead atoms. The quantitative estimate of drug-likeness (QED) is 0.905. The topological polar surface area (TPSA) is 35.6 Å². The molecule has 4 heteroatoms. The third kappa shape index (κ3) is 4.71. The number of hydrogen-bond acceptors (Lipinski definition) is 3. The minimum absolute atomic E-state index is 0.123. The Kier molecular flexibility index (Phi) is 5.55. The van der Waals surface area contributed by atoms with Crippen LogP contribution < -0.4 is 10.2 Å². The SMILES string of the molecule is CC1CCN(CCC(=O)Nc2ccc(N3CCCC3)cc2)CC1. The summed E-state index contributed by atoms with van der Waals surface area (Å²) in [4.78, 5) is 16.9. The van der Waals surface area contributed by atoms with E-state index in [2.05, 4.69) is 34.2 Å². The Bertz CT molecular complexity index is 500. The van der Waals surface area contributed by atoms with Gasteiger partial charge in [-0.1, -0.05) is 6.92 Å². The normalized spacial score (nSPS) is 20.0. The zero-order valence-electron chi connectivity index (χ0n) is 14.3. The predicted molar refractivity (Wildman–Crippen MR) is 96.0 cm³/mol. The standard InChI is InChI=1S/C19H29N3O/c1-16-8-13-21(14-9-16)15-10-19(23)20-17-4-6-18(7-5-17)22-11-2-3-12-22/h4-7,16H,2-3,8-15H2,1H3,(H,20,23). The number of piperidine rings is 1. The van der Waals surface area contributed by atoms with Crippen molar-refractivity contribution in [1.29, 1.82) is 0 Å². The molecule has 0 saturated carbocycles. The molecule has 2 aliphatic rings. The molecule has 0 unspecified atom stereocenters. The Hall–Kier alpha value is -1.55. The summed E-state index contributed by atoms with van der Waals surface area (Å²) in [5, 5.41) is 3.02. The van der Waals surface area contributed by atoms with Gasteiger partial charge in [0.05, 0.1) is 0 Å². The summed E-state index contributed by atoms with van der Waals surface area (Å²) in [5.41, 5.74) is 2.17. The minimum Gasteiger partial charge on any atom is -0.372 e. The zero-order valence-corrected chi connectivity index (χ0v) is 14.3. The predicted octanol–water partition coefficient (Wildman–Crippen LogP) is 3.35. The van der Waals surface area contributed by atoms with Crippen molar-refractivity contribution in [2.75, 3.05) is 42.9 Å². The van der Waals surface area contributed by atoms with Crippen molar-refractivity contribution in [2.24, 2.45) is 5.92 Å². The van der Waals surface area contributed by atoms with Crippen LogP contribution in [0.15, 0.2) is 24.3 Å². The number of rotatable bonds is 5. The van der Waals surface area contributed by atoms with E-state index >= 15 is 0 Å². The Morgan fingerprint density at radius 1 is 1.09 bits per heavy atom. The van der Waals surface area contributed by atoms with E-state index in [9.17, 15) is 4.79 Å². The number of anilines is 2. The van der Waals surface area contributed by atoms with Gasteiger partial charge in [0.1, 0.15) is 0 Å². The number of carbonyl (C=O) groups is 1. The smallest absolute Gasteiger partial charge is 0.225 e. The van der Waals surface area contributed by atoms with E-state index in [4.69, 9.17) is 0 Å². The van der Waals surface area contributed by atoms with E-state index in [0.717, 1.165) is 44.3 Å². The molecule has 1 N–H and O–H groups in total. The second kappa shape index (κ2) is 7.82. The van der Waals surface area contributed by atoms with Gasteiger partial charge in [0.2, 0.25) is 5.91 Å². The molecule has 1 aromatic rings. The summed E-state index contributed by atoms with van der Waals surface area (Å²) in [6, 6.07) is 8.28. The lowest BCUT2D eigenvalue weighted by atomic mass is 9.99. The van der Waals surface area contributed by atoms with Crippen molar-refractivity contribution in [3.63, 3.8) is 0 Å². The van der Waals surface area contributed by atoms with Crippen LogP contribution in [0.2, 0.25) is 0 Å². The highest BCUT2D eigenvalue weighted by molar-refractivity contribution is 5.91. The molecule has 126 valence electrons. The number of carbonyl (C=O) groups excluding carboxylic acids is 1. The Morgan fingerprint density at radius 2 is 1.74 bits per heavy atom. The highest BCUT2D eigenvalue weighted by Crippen LogP contribution is 2.22. The minimum atomic E-state index is 0.123. The van der Waals surface area contributed by atoms with E-state index < -0.39 is 0 Å². The molecule has 0 radical (unpaired) electrons. The van der Waals surface area contributed by atoms with Crippen LogP contribution in [0.3, 0.4) is 0 Å². The maximum Gasteiger partial charge on any atom is 0.225 e. The van der Waals surface area contributed by atoms with Gasteiger partial charge in [0.25, 0.3) is 0 Å². The molecule has 0 aromatic heterocycles. The second-order valence-electron chi connectivity index (χ2n) is 7.06. The van der Waals surface area contributed by atoms with Crippen molar-refractivity contribution in [3.05, 3.63) is 24.3 Å². The zero-order chi connectivity index (χ0) is 16.1. The Morgan fingerprint density at radius 3 is 2.39 bits per heavy atom. The van der Waals surface area contributed by atoms with Crippen molar-refractivity contribution >= 4 is 17.3 Å². The van der Waals surface area contributed by atoms with Gasteiger partial charge in [-0.15, -0.1) is 0 Å². The molecule has 2 fully saturated rings. The van der Waals surface area contributed by atoms with Gasteiger partial charge in [-0.3, -0.25) is 4.79 Å². The first kappa shape index (κ1) is 16.3. The highest BCUT2D eigenvalue weighted by Gasteiger charge is 2.16. The van der Waals surface area contributed by atoms with E-state index in [1.165, 1.54) is 31.4 Å². The summed E-state index contributed by atoms with van der Waals surface area (Å²) < 4.78 is 0. The largest absolute Gasteiger partial charge is 0.372 e. The van der Waals surface area contributed by atoms with Crippen molar-refractivity contribution < 1.29 is 4.79 Å². The molecule has 4 nitrogen and oxygen atoms in total. The van der Waals surface area contributed by atoms with Gasteiger partial charge in [0.15, 0.2) is 0 Å². The van der Waals surface area contributed by atoms with Crippen molar-refractivity contribution in [2.45, 2.75) is 39.0 Å². The monoisotopic (exact) mass is 315 g/mol. The number of likely N-dealkylation sites (tertiary alicyclic amines) is 1. The van der Waals surface area contributed by atoms with E-state index in [0.29, 0.717) is 6.42 Å². The number of nitrogens with one attached hydrogen (secondary N) is 1. The number of benzene rings is 1. The van der Waals surface area contributed by atoms with Gasteiger partial charge < -0.3 is 15.1 Å². The molecule has 2 saturated heterocycles. The van der Waals surface area contributed by atoms with Gasteiger partial charge in [-0.25, -0.2) is 0 Å². The third-order valence-electron chi connectivity index (χ3n) is 5.15. The highest BCUT2D eigenvalue weighted by atomic mass is 16.1. The van der Waals surface area contributed by atoms with E-state index in [1.54, 1.807) is 0 Å². The molecule has 23 heavy (non-hydrogen) atoms. The van der Waals surface area contributed by atoms with Gasteiger partial charge in [-0.05, 0) is 69.0 Å². The van der Waals surface area contributed by atoms with Crippen LogP contribution in [0.5, 0.6) is 0 Å². The molecular weight excluding hydrogens is 286 g/mol. The first-order valence-electron chi connectivity index (χ1n) is 9.08. The fourth-order valence-corrected chi connectivity index (χ4v) is 3.50. The molecule has 2 heterocycles. The van der Waals surface area contributed by atoms with Crippen LogP contribution in [0.25, 0.3) is 0 Å². The van der Waals surface area contributed by atoms with Crippen LogP contribution in [0.4, 0.5) is 11.4 Å². The van der Waals surface area contributed by atoms with Crippen LogP contribution in [0.1, 0.15) is 39.0 Å². The molecule has 3 rings (SSSR count). The van der Waals surface area contributed by atoms with Crippen LogP contribution in [-0.2, 0) is 4.79 Å². The molecule has 1 amide bonds. The molecule has 2 aliphatic heterocycles. The van der Waals surface area contributed by atoms with Gasteiger partial charge in [-0.2, -0.15) is 0 Å². The lowest BCUT2D eigenvalue weighted by Crippen LogP contribution is -2.35. The van der Waals surface area contributed by atoms with Gasteiger partial charge in [0, 0.05) is 37.4 Å². The second-order valence-corrected chi connectivity index (χ2v) is 7.06. The summed E-state index contributed by atoms with van der Waals surface area (Å²) in [6.45, 7) is 7.78. The Balaban J connectivity index is 1.42. The van der Waals surface area contributed by atoms with Crippen LogP contribution >= 0.6 is 0 Å². The average Bonchev–Trinajstić information content (AvgIpc) is 3.09. The molecule has 1 aromatic carbocycles. The average molecular weight is 315 g/mol. The van der Waals surface area contributed by atoms with Crippen molar-refractivity contribution in [3.8, 4) is 0 Å². The number of nitrogens with zero attached hydrogens (tertiary/aromatic N) is 2. The molecule has 0 atom stereocenters. The third-order valence-corrected chi connectivity index (χ3v) is 5.15. The summed E-state index contributed by atoms with van der Waals surface area (Å²) in [5.74, 6) is 0.965. The van der Waals surface area contributed by atoms with E-state index in [1.807, 2.05) is 12.1 Å². The maximum absolute atomic E-state index is 12.1. The van der Waals surface area contributed by atoms with E-state index in [-0.39, 0.29) is 5.91 Å². The first-order chi connectivity index (χ1) is 11.2. The lowest BCUT2D eigenvalue weighted by Gasteiger charge is -2.29. The molecular formula is C19H29N3O. The number of hydrogen-bond donors (Lipinski definition) is 1. The summed E-state index contributed by atoms with van der Waals surface area (Å²) in [6.07, 6.45) is 5.68. The maximum atomic E-state index is 12.1. The van der Waals surface area contributed by atoms with Crippen LogP contribution in [-0.4, -0.2) is 43.5 Å². The fraction of sp³-hybridized carbons (Fsp3) is 0.632. The van der Waals surface area contributed by atoms with Crippen LogP contribution in [0, 0.1) is 5.92 Å².